The molecule has 6 nitrogen and oxygen atoms in total. The molecule has 0 aliphatic carbocycles. The van der Waals surface area contributed by atoms with Crippen LogP contribution < -0.4 is 15.2 Å². The number of carbonyl (C=O) groups excluding carboxylic acids is 1. The highest BCUT2D eigenvalue weighted by atomic mass is 35.5. The molecule has 1 heterocycles. The van der Waals surface area contributed by atoms with Crippen LogP contribution in [0.25, 0.3) is 0 Å². The molecule has 0 spiro atoms. The molecular formula is C20H17ClN2O4. The Morgan fingerprint density at radius 1 is 1.22 bits per heavy atom. The van der Waals surface area contributed by atoms with Crippen molar-refractivity contribution >= 4 is 23.1 Å². The fourth-order valence-electron chi connectivity index (χ4n) is 2.40. The third kappa shape index (κ3) is 4.48. The molecule has 0 aliphatic rings. The predicted octanol–water partition coefficient (Wildman–Crippen LogP) is 4.60. The first-order chi connectivity index (χ1) is 12.9. The average Bonchev–Trinajstić information content (AvgIpc) is 2.63. The minimum Gasteiger partial charge on any atom is -0.505 e. The Kier molecular flexibility index (Phi) is 5.47. The summed E-state index contributed by atoms with van der Waals surface area (Å²) in [6.45, 7) is 1.55. The number of benzene rings is 2. The van der Waals surface area contributed by atoms with Crippen LogP contribution in [0.5, 0.6) is 23.1 Å². The zero-order valence-corrected chi connectivity index (χ0v) is 15.2. The Bertz CT molecular complexity index is 991. The largest absolute Gasteiger partial charge is 0.505 e. The Balaban J connectivity index is 1.72. The van der Waals surface area contributed by atoms with Gasteiger partial charge in [-0.2, -0.15) is 0 Å². The number of halogens is 1. The molecule has 3 aromatic rings. The lowest BCUT2D eigenvalue weighted by atomic mass is 10.1. The number of nitrogens with zero attached hydrogens (tertiary/aromatic N) is 1. The topological polar surface area (TPSA) is 94.7 Å². The van der Waals surface area contributed by atoms with Crippen molar-refractivity contribution in [2.24, 2.45) is 0 Å². The second-order valence-electron chi connectivity index (χ2n) is 5.80. The fraction of sp³-hybridized carbons (Fsp3) is 0.100. The lowest BCUT2D eigenvalue weighted by Crippen LogP contribution is -1.99. The number of phenols is 1. The number of pyridine rings is 1. The van der Waals surface area contributed by atoms with E-state index in [0.717, 1.165) is 5.56 Å². The number of aromatic hydroxyl groups is 1. The van der Waals surface area contributed by atoms with Crippen LogP contribution in [-0.2, 0) is 6.61 Å². The van der Waals surface area contributed by atoms with Crippen LogP contribution in [0.15, 0.2) is 54.7 Å². The van der Waals surface area contributed by atoms with E-state index in [1.54, 1.807) is 36.5 Å². The Morgan fingerprint density at radius 2 is 2.04 bits per heavy atom. The summed E-state index contributed by atoms with van der Waals surface area (Å²) in [4.78, 5) is 15.5. The molecule has 0 saturated carbocycles. The summed E-state index contributed by atoms with van der Waals surface area (Å²) < 4.78 is 11.4. The summed E-state index contributed by atoms with van der Waals surface area (Å²) in [6.07, 6.45) is 1.57. The van der Waals surface area contributed by atoms with Gasteiger partial charge >= 0.3 is 0 Å². The Morgan fingerprint density at radius 3 is 2.78 bits per heavy atom. The van der Waals surface area contributed by atoms with Crippen LogP contribution in [0.1, 0.15) is 22.8 Å². The molecule has 0 atom stereocenters. The zero-order valence-electron chi connectivity index (χ0n) is 14.5. The molecule has 0 fully saturated rings. The van der Waals surface area contributed by atoms with Crippen molar-refractivity contribution in [1.82, 2.24) is 4.98 Å². The van der Waals surface area contributed by atoms with Gasteiger partial charge in [-0.25, -0.2) is 4.98 Å². The lowest BCUT2D eigenvalue weighted by Gasteiger charge is -2.12. The number of rotatable bonds is 6. The molecule has 3 N–H and O–H groups in total. The number of nitrogen functional groups attached to an aromatic ring is 1. The van der Waals surface area contributed by atoms with E-state index < -0.39 is 0 Å². The third-order valence-corrected chi connectivity index (χ3v) is 4.10. The van der Waals surface area contributed by atoms with Crippen LogP contribution in [0.4, 0.5) is 5.69 Å². The van der Waals surface area contributed by atoms with Crippen LogP contribution >= 0.6 is 11.6 Å². The predicted molar refractivity (Wildman–Crippen MR) is 103 cm³/mol. The molecular weight excluding hydrogens is 368 g/mol. The van der Waals surface area contributed by atoms with E-state index in [9.17, 15) is 9.90 Å². The minimum atomic E-state index is -0.286. The molecule has 0 radical (unpaired) electrons. The van der Waals surface area contributed by atoms with Gasteiger partial charge in [0.25, 0.3) is 0 Å². The summed E-state index contributed by atoms with van der Waals surface area (Å²) in [5, 5.41) is 10.0. The number of hydrogen-bond acceptors (Lipinski definition) is 6. The molecule has 0 saturated heterocycles. The Labute approximate surface area is 161 Å². The maximum Gasteiger partial charge on any atom is 0.221 e. The van der Waals surface area contributed by atoms with Crippen LogP contribution in [-0.4, -0.2) is 15.9 Å². The number of carbonyl (C=O) groups is 1. The van der Waals surface area contributed by atoms with Crippen molar-refractivity contribution in [3.05, 3.63) is 70.9 Å². The first-order valence-electron chi connectivity index (χ1n) is 8.07. The van der Waals surface area contributed by atoms with Crippen LogP contribution in [0, 0.1) is 0 Å². The molecule has 0 bridgehead atoms. The van der Waals surface area contributed by atoms with E-state index in [1.165, 1.54) is 13.0 Å². The quantitative estimate of drug-likeness (QED) is 0.603. The van der Waals surface area contributed by atoms with Gasteiger partial charge in [0.1, 0.15) is 28.9 Å². The summed E-state index contributed by atoms with van der Waals surface area (Å²) in [5.41, 5.74) is 7.25. The van der Waals surface area contributed by atoms with Crippen LogP contribution in [0.3, 0.4) is 0 Å². The number of ketones is 1. The van der Waals surface area contributed by atoms with Gasteiger partial charge in [0.15, 0.2) is 5.78 Å². The van der Waals surface area contributed by atoms with Crippen molar-refractivity contribution in [3.63, 3.8) is 0 Å². The van der Waals surface area contributed by atoms with E-state index in [2.05, 4.69) is 4.98 Å². The van der Waals surface area contributed by atoms with Gasteiger partial charge in [0, 0.05) is 18.0 Å². The molecule has 0 unspecified atom stereocenters. The normalized spacial score (nSPS) is 10.4. The molecule has 138 valence electrons. The first kappa shape index (κ1) is 18.5. The molecule has 27 heavy (non-hydrogen) atoms. The van der Waals surface area contributed by atoms with Gasteiger partial charge in [-0.1, -0.05) is 23.7 Å². The minimum absolute atomic E-state index is 0.000865. The van der Waals surface area contributed by atoms with Gasteiger partial charge in [-0.05, 0) is 42.8 Å². The molecule has 3 rings (SSSR count). The molecule has 0 aliphatic heterocycles. The van der Waals surface area contributed by atoms with Gasteiger partial charge < -0.3 is 20.3 Å². The van der Waals surface area contributed by atoms with Gasteiger partial charge in [0.05, 0.1) is 5.56 Å². The smallest absolute Gasteiger partial charge is 0.221 e. The summed E-state index contributed by atoms with van der Waals surface area (Å²) in [5.74, 6) is 0.686. The van der Waals surface area contributed by atoms with Crippen molar-refractivity contribution < 1.29 is 19.4 Å². The lowest BCUT2D eigenvalue weighted by molar-refractivity contribution is 0.101. The third-order valence-electron chi connectivity index (χ3n) is 3.73. The van der Waals surface area contributed by atoms with E-state index in [0.29, 0.717) is 17.3 Å². The molecule has 2 aromatic carbocycles. The maximum atomic E-state index is 11.4. The molecule has 7 heteroatoms. The second kappa shape index (κ2) is 7.97. The Hall–Kier alpha value is -3.25. The fourth-order valence-corrected chi connectivity index (χ4v) is 2.62. The maximum absolute atomic E-state index is 11.4. The van der Waals surface area contributed by atoms with E-state index in [1.807, 2.05) is 12.1 Å². The van der Waals surface area contributed by atoms with Crippen molar-refractivity contribution in [1.29, 1.82) is 0 Å². The van der Waals surface area contributed by atoms with Crippen molar-refractivity contribution in [2.45, 2.75) is 13.5 Å². The zero-order chi connectivity index (χ0) is 19.4. The highest BCUT2D eigenvalue weighted by molar-refractivity contribution is 6.34. The summed E-state index contributed by atoms with van der Waals surface area (Å²) in [6, 6.07) is 13.6. The molecule has 1 aromatic heterocycles. The summed E-state index contributed by atoms with van der Waals surface area (Å²) >= 11 is 6.09. The number of nitrogens with two attached hydrogens (primary N) is 1. The van der Waals surface area contributed by atoms with E-state index in [-0.39, 0.29) is 34.5 Å². The highest BCUT2D eigenvalue weighted by Crippen LogP contribution is 2.36. The van der Waals surface area contributed by atoms with Crippen molar-refractivity contribution in [2.75, 3.05) is 5.73 Å². The number of anilines is 1. The SMILES string of the molecule is CC(=O)c1ccc(OCc2cccc(Oc3cc(N)ccn3)c2)c(Cl)c1O. The van der Waals surface area contributed by atoms with Crippen LogP contribution in [0.2, 0.25) is 5.02 Å². The number of Topliss-reactive ketones (excluding diaryl/α,β-unsaturated/α-hetero) is 1. The molecule has 0 amide bonds. The summed E-state index contributed by atoms with van der Waals surface area (Å²) in [7, 11) is 0. The van der Waals surface area contributed by atoms with Gasteiger partial charge in [0.2, 0.25) is 5.88 Å². The van der Waals surface area contributed by atoms with Gasteiger partial charge in [-0.15, -0.1) is 0 Å². The van der Waals surface area contributed by atoms with E-state index in [4.69, 9.17) is 26.8 Å². The monoisotopic (exact) mass is 384 g/mol. The standard InChI is InChI=1S/C20H17ClN2O4/c1-12(24)16-5-6-17(19(21)20(16)25)26-11-13-3-2-4-15(9-13)27-18-10-14(22)7-8-23-18/h2-10,25H,11H2,1H3,(H2,22,23). The number of hydrogen-bond donors (Lipinski definition) is 2. The average molecular weight is 385 g/mol. The van der Waals surface area contributed by atoms with E-state index >= 15 is 0 Å². The second-order valence-corrected chi connectivity index (χ2v) is 6.17. The number of phenolic OH excluding ortho intramolecular Hbond substituents is 1. The highest BCUT2D eigenvalue weighted by Gasteiger charge is 2.15. The van der Waals surface area contributed by atoms with Gasteiger partial charge in [-0.3, -0.25) is 4.79 Å². The first-order valence-corrected chi connectivity index (χ1v) is 8.45. The number of aromatic nitrogens is 1. The van der Waals surface area contributed by atoms with Crippen molar-refractivity contribution in [3.8, 4) is 23.1 Å². The number of ether oxygens (including phenoxy) is 2.